The molecule has 2 rings (SSSR count). The lowest BCUT2D eigenvalue weighted by molar-refractivity contribution is 0.201. The number of benzene rings is 1. The first-order valence-corrected chi connectivity index (χ1v) is 5.09. The Morgan fingerprint density at radius 2 is 1.92 bits per heavy atom. The van der Waals surface area contributed by atoms with E-state index in [-0.39, 0.29) is 0 Å². The SMILES string of the molecule is CCC1(c2ccc(C)cc2)CCN1. The van der Waals surface area contributed by atoms with E-state index in [1.807, 2.05) is 0 Å². The van der Waals surface area contributed by atoms with Crippen LogP contribution in [0.5, 0.6) is 0 Å². The molecule has 1 atom stereocenters. The third kappa shape index (κ3) is 1.37. The van der Waals surface area contributed by atoms with Crippen LogP contribution < -0.4 is 5.32 Å². The molecule has 0 radical (unpaired) electrons. The van der Waals surface area contributed by atoms with Crippen molar-refractivity contribution in [1.29, 1.82) is 0 Å². The summed E-state index contributed by atoms with van der Waals surface area (Å²) >= 11 is 0. The normalized spacial score (nSPS) is 26.9. The van der Waals surface area contributed by atoms with Crippen molar-refractivity contribution in [3.8, 4) is 0 Å². The fourth-order valence-electron chi connectivity index (χ4n) is 2.05. The van der Waals surface area contributed by atoms with Gasteiger partial charge in [0, 0.05) is 5.54 Å². The third-order valence-corrected chi connectivity index (χ3v) is 3.22. The number of nitrogens with one attached hydrogen (secondary N) is 1. The molecule has 1 aliphatic rings. The van der Waals surface area contributed by atoms with E-state index >= 15 is 0 Å². The summed E-state index contributed by atoms with van der Waals surface area (Å²) in [5.74, 6) is 0. The third-order valence-electron chi connectivity index (χ3n) is 3.22. The Balaban J connectivity index is 2.28. The second kappa shape index (κ2) is 3.15. The van der Waals surface area contributed by atoms with E-state index in [2.05, 4.69) is 43.4 Å². The van der Waals surface area contributed by atoms with Crippen LogP contribution in [0.2, 0.25) is 0 Å². The molecule has 1 aromatic carbocycles. The molecular weight excluding hydrogens is 158 g/mol. The predicted molar refractivity (Wildman–Crippen MR) is 55.8 cm³/mol. The first kappa shape index (κ1) is 8.76. The van der Waals surface area contributed by atoms with Gasteiger partial charge in [0.05, 0.1) is 0 Å². The standard InChI is InChI=1S/C12H17N/c1-3-12(8-9-13-12)11-6-4-10(2)5-7-11/h4-7,13H,3,8-9H2,1-2H3. The van der Waals surface area contributed by atoms with E-state index in [1.54, 1.807) is 0 Å². The Hall–Kier alpha value is -0.820. The summed E-state index contributed by atoms with van der Waals surface area (Å²) in [7, 11) is 0. The smallest absolute Gasteiger partial charge is 0.0444 e. The van der Waals surface area contributed by atoms with Crippen molar-refractivity contribution in [3.05, 3.63) is 35.4 Å². The van der Waals surface area contributed by atoms with Crippen LogP contribution >= 0.6 is 0 Å². The second-order valence-corrected chi connectivity index (χ2v) is 3.98. The first-order valence-electron chi connectivity index (χ1n) is 5.09. The lowest BCUT2D eigenvalue weighted by Crippen LogP contribution is -2.53. The summed E-state index contributed by atoms with van der Waals surface area (Å²) in [5.41, 5.74) is 3.09. The molecule has 1 fully saturated rings. The average Bonchev–Trinajstić information content (AvgIpc) is 2.07. The Bertz CT molecular complexity index is 277. The zero-order valence-electron chi connectivity index (χ0n) is 8.43. The molecule has 1 heterocycles. The largest absolute Gasteiger partial charge is 0.307 e. The summed E-state index contributed by atoms with van der Waals surface area (Å²) in [5, 5.41) is 3.54. The molecule has 0 aromatic heterocycles. The van der Waals surface area contributed by atoms with Crippen molar-refractivity contribution in [3.63, 3.8) is 0 Å². The van der Waals surface area contributed by atoms with Gasteiger partial charge in [-0.2, -0.15) is 0 Å². The maximum absolute atomic E-state index is 3.54. The van der Waals surface area contributed by atoms with E-state index in [9.17, 15) is 0 Å². The minimum Gasteiger partial charge on any atom is -0.307 e. The van der Waals surface area contributed by atoms with E-state index in [0.29, 0.717) is 5.54 Å². The first-order chi connectivity index (χ1) is 6.27. The number of hydrogen-bond donors (Lipinski definition) is 1. The van der Waals surface area contributed by atoms with Crippen LogP contribution in [0.3, 0.4) is 0 Å². The van der Waals surface area contributed by atoms with Gasteiger partial charge in [0.1, 0.15) is 0 Å². The molecule has 13 heavy (non-hydrogen) atoms. The van der Waals surface area contributed by atoms with Crippen LogP contribution in [-0.4, -0.2) is 6.54 Å². The van der Waals surface area contributed by atoms with Crippen LogP contribution in [0.15, 0.2) is 24.3 Å². The minimum atomic E-state index is 0.299. The molecular formula is C12H17N. The molecule has 0 amide bonds. The fourth-order valence-corrected chi connectivity index (χ4v) is 2.05. The van der Waals surface area contributed by atoms with Gasteiger partial charge < -0.3 is 5.32 Å². The zero-order valence-corrected chi connectivity index (χ0v) is 8.43. The van der Waals surface area contributed by atoms with Gasteiger partial charge in [-0.25, -0.2) is 0 Å². The number of rotatable bonds is 2. The van der Waals surface area contributed by atoms with E-state index in [4.69, 9.17) is 0 Å². The topological polar surface area (TPSA) is 12.0 Å². The number of aryl methyl sites for hydroxylation is 1. The van der Waals surface area contributed by atoms with Gasteiger partial charge in [-0.05, 0) is 31.9 Å². The van der Waals surface area contributed by atoms with E-state index < -0.39 is 0 Å². The highest BCUT2D eigenvalue weighted by Crippen LogP contribution is 2.34. The molecule has 0 bridgehead atoms. The van der Waals surface area contributed by atoms with E-state index in [1.165, 1.54) is 30.5 Å². The van der Waals surface area contributed by atoms with E-state index in [0.717, 1.165) is 0 Å². The van der Waals surface area contributed by atoms with Crippen molar-refractivity contribution in [2.45, 2.75) is 32.2 Å². The molecule has 0 saturated carbocycles. The Morgan fingerprint density at radius 1 is 1.31 bits per heavy atom. The molecule has 1 unspecified atom stereocenters. The van der Waals surface area contributed by atoms with Gasteiger partial charge in [-0.1, -0.05) is 36.8 Å². The predicted octanol–water partition coefficient (Wildman–Crippen LogP) is 2.59. The molecule has 1 nitrogen and oxygen atoms in total. The number of hydrogen-bond acceptors (Lipinski definition) is 1. The molecule has 0 aliphatic carbocycles. The van der Waals surface area contributed by atoms with Crippen LogP contribution in [0, 0.1) is 6.92 Å². The lowest BCUT2D eigenvalue weighted by atomic mass is 9.78. The quantitative estimate of drug-likeness (QED) is 0.728. The molecule has 70 valence electrons. The highest BCUT2D eigenvalue weighted by atomic mass is 15.0. The second-order valence-electron chi connectivity index (χ2n) is 3.98. The Morgan fingerprint density at radius 3 is 2.31 bits per heavy atom. The Kier molecular flexibility index (Phi) is 2.12. The van der Waals surface area contributed by atoms with Gasteiger partial charge in [0.25, 0.3) is 0 Å². The Labute approximate surface area is 80.2 Å². The molecule has 1 heteroatoms. The van der Waals surface area contributed by atoms with Gasteiger partial charge in [-0.3, -0.25) is 0 Å². The summed E-state index contributed by atoms with van der Waals surface area (Å²) in [4.78, 5) is 0. The molecule has 0 spiro atoms. The van der Waals surface area contributed by atoms with Gasteiger partial charge >= 0.3 is 0 Å². The lowest BCUT2D eigenvalue weighted by Gasteiger charge is -2.43. The molecule has 1 saturated heterocycles. The van der Waals surface area contributed by atoms with Gasteiger partial charge in [-0.15, -0.1) is 0 Å². The van der Waals surface area contributed by atoms with Crippen molar-refractivity contribution in [2.75, 3.05) is 6.54 Å². The highest BCUT2D eigenvalue weighted by Gasteiger charge is 2.35. The summed E-state index contributed by atoms with van der Waals surface area (Å²) in [6, 6.07) is 8.91. The monoisotopic (exact) mass is 175 g/mol. The molecule has 1 N–H and O–H groups in total. The minimum absolute atomic E-state index is 0.299. The van der Waals surface area contributed by atoms with Crippen molar-refractivity contribution in [2.24, 2.45) is 0 Å². The summed E-state index contributed by atoms with van der Waals surface area (Å²) in [6.07, 6.45) is 2.47. The van der Waals surface area contributed by atoms with Crippen molar-refractivity contribution >= 4 is 0 Å². The highest BCUT2D eigenvalue weighted by molar-refractivity contribution is 5.29. The maximum atomic E-state index is 3.54. The van der Waals surface area contributed by atoms with Gasteiger partial charge in [0.15, 0.2) is 0 Å². The van der Waals surface area contributed by atoms with Crippen LogP contribution in [0.25, 0.3) is 0 Å². The van der Waals surface area contributed by atoms with Gasteiger partial charge in [0.2, 0.25) is 0 Å². The molecule has 1 aromatic rings. The van der Waals surface area contributed by atoms with Crippen molar-refractivity contribution in [1.82, 2.24) is 5.32 Å². The summed E-state index contributed by atoms with van der Waals surface area (Å²) in [6.45, 7) is 5.56. The average molecular weight is 175 g/mol. The van der Waals surface area contributed by atoms with Crippen molar-refractivity contribution < 1.29 is 0 Å². The maximum Gasteiger partial charge on any atom is 0.0444 e. The fraction of sp³-hybridized carbons (Fsp3) is 0.500. The van der Waals surface area contributed by atoms with Crippen LogP contribution in [0.1, 0.15) is 30.9 Å². The molecule has 1 aliphatic heterocycles. The summed E-state index contributed by atoms with van der Waals surface area (Å²) < 4.78 is 0. The van der Waals surface area contributed by atoms with Crippen LogP contribution in [0.4, 0.5) is 0 Å². The zero-order chi connectivity index (χ0) is 9.31. The van der Waals surface area contributed by atoms with Crippen LogP contribution in [-0.2, 0) is 5.54 Å².